The van der Waals surface area contributed by atoms with E-state index in [-0.39, 0.29) is 28.8 Å². The molecule has 1 aromatic carbocycles. The van der Waals surface area contributed by atoms with Gasteiger partial charge >= 0.3 is 0 Å². The van der Waals surface area contributed by atoms with Crippen molar-refractivity contribution in [2.75, 3.05) is 51.5 Å². The predicted molar refractivity (Wildman–Crippen MR) is 105 cm³/mol. The highest BCUT2D eigenvalue weighted by Crippen LogP contribution is 2.23. The topological polar surface area (TPSA) is 113 Å². The van der Waals surface area contributed by atoms with Gasteiger partial charge in [-0.15, -0.1) is 0 Å². The van der Waals surface area contributed by atoms with E-state index in [0.29, 0.717) is 32.7 Å². The van der Waals surface area contributed by atoms with Gasteiger partial charge in [0, 0.05) is 50.9 Å². The van der Waals surface area contributed by atoms with E-state index in [0.717, 1.165) is 25.9 Å². The number of piperazine rings is 1. The number of anilines is 1. The van der Waals surface area contributed by atoms with Crippen LogP contribution in [-0.2, 0) is 4.79 Å². The van der Waals surface area contributed by atoms with Crippen LogP contribution in [0.4, 0.5) is 11.4 Å². The largest absolute Gasteiger partial charge is 0.393 e. The SMILES string of the molecule is Nc1ccc(C(=O)N2CCN(CC(=O)N3CCCCCC3)CC2)cc1[N+](=O)[O-]. The highest BCUT2D eigenvalue weighted by molar-refractivity contribution is 5.95. The third-order valence-corrected chi connectivity index (χ3v) is 5.45. The van der Waals surface area contributed by atoms with E-state index < -0.39 is 4.92 Å². The summed E-state index contributed by atoms with van der Waals surface area (Å²) in [5.41, 5.74) is 5.64. The summed E-state index contributed by atoms with van der Waals surface area (Å²) in [6.07, 6.45) is 4.52. The van der Waals surface area contributed by atoms with Crippen molar-refractivity contribution in [3.8, 4) is 0 Å². The molecule has 0 saturated carbocycles. The molecule has 152 valence electrons. The van der Waals surface area contributed by atoms with Crippen molar-refractivity contribution in [3.63, 3.8) is 0 Å². The predicted octanol–water partition coefficient (Wildman–Crippen LogP) is 1.34. The molecular weight excluding hydrogens is 362 g/mol. The highest BCUT2D eigenvalue weighted by atomic mass is 16.6. The summed E-state index contributed by atoms with van der Waals surface area (Å²) in [6, 6.07) is 4.13. The lowest BCUT2D eigenvalue weighted by Gasteiger charge is -2.35. The van der Waals surface area contributed by atoms with Gasteiger partial charge in [-0.05, 0) is 25.0 Å². The van der Waals surface area contributed by atoms with Gasteiger partial charge in [-0.2, -0.15) is 0 Å². The Balaban J connectivity index is 1.53. The lowest BCUT2D eigenvalue weighted by atomic mass is 10.1. The summed E-state index contributed by atoms with van der Waals surface area (Å²) in [6.45, 7) is 4.27. The van der Waals surface area contributed by atoms with Gasteiger partial charge in [0.1, 0.15) is 5.69 Å². The Morgan fingerprint density at radius 3 is 2.21 bits per heavy atom. The van der Waals surface area contributed by atoms with Crippen molar-refractivity contribution in [1.29, 1.82) is 0 Å². The molecule has 0 spiro atoms. The number of nitro groups is 1. The maximum absolute atomic E-state index is 12.7. The summed E-state index contributed by atoms with van der Waals surface area (Å²) in [4.78, 5) is 41.3. The maximum atomic E-state index is 12.7. The minimum absolute atomic E-state index is 0.0402. The molecule has 1 aromatic rings. The Morgan fingerprint density at radius 2 is 1.61 bits per heavy atom. The van der Waals surface area contributed by atoms with Crippen LogP contribution < -0.4 is 5.73 Å². The fourth-order valence-electron chi connectivity index (χ4n) is 3.74. The van der Waals surface area contributed by atoms with Crippen molar-refractivity contribution in [2.24, 2.45) is 0 Å². The Kier molecular flexibility index (Phi) is 6.45. The van der Waals surface area contributed by atoms with Crippen LogP contribution >= 0.6 is 0 Å². The first-order valence-corrected chi connectivity index (χ1v) is 9.79. The van der Waals surface area contributed by atoms with Crippen molar-refractivity contribution < 1.29 is 14.5 Å². The first-order chi connectivity index (χ1) is 13.5. The van der Waals surface area contributed by atoms with Crippen LogP contribution in [-0.4, -0.2) is 77.3 Å². The van der Waals surface area contributed by atoms with Crippen molar-refractivity contribution in [2.45, 2.75) is 25.7 Å². The zero-order chi connectivity index (χ0) is 20.1. The number of nitro benzene ring substituents is 1. The monoisotopic (exact) mass is 389 g/mol. The van der Waals surface area contributed by atoms with Gasteiger partial charge in [-0.1, -0.05) is 12.8 Å². The van der Waals surface area contributed by atoms with Crippen LogP contribution in [0.1, 0.15) is 36.0 Å². The Hall–Kier alpha value is -2.68. The minimum atomic E-state index is -0.585. The van der Waals surface area contributed by atoms with E-state index in [1.165, 1.54) is 31.0 Å². The molecule has 28 heavy (non-hydrogen) atoms. The first-order valence-electron chi connectivity index (χ1n) is 9.79. The number of likely N-dealkylation sites (tertiary alicyclic amines) is 1. The number of amides is 2. The molecule has 9 nitrogen and oxygen atoms in total. The molecule has 0 bridgehead atoms. The second-order valence-corrected chi connectivity index (χ2v) is 7.39. The molecule has 0 radical (unpaired) electrons. The fraction of sp³-hybridized carbons (Fsp3) is 0.579. The van der Waals surface area contributed by atoms with Crippen LogP contribution in [0.2, 0.25) is 0 Å². The first kappa shape index (κ1) is 20.1. The lowest BCUT2D eigenvalue weighted by Crippen LogP contribution is -2.51. The molecule has 0 aliphatic carbocycles. The van der Waals surface area contributed by atoms with Crippen LogP contribution in [0.3, 0.4) is 0 Å². The molecule has 2 fully saturated rings. The van der Waals surface area contributed by atoms with Crippen molar-refractivity contribution in [1.82, 2.24) is 14.7 Å². The third kappa shape index (κ3) is 4.78. The van der Waals surface area contributed by atoms with E-state index in [4.69, 9.17) is 5.73 Å². The summed E-state index contributed by atoms with van der Waals surface area (Å²) in [5, 5.41) is 11.0. The van der Waals surface area contributed by atoms with Crippen LogP contribution in [0.5, 0.6) is 0 Å². The van der Waals surface area contributed by atoms with Gasteiger partial charge in [-0.3, -0.25) is 24.6 Å². The van der Waals surface area contributed by atoms with Crippen molar-refractivity contribution in [3.05, 3.63) is 33.9 Å². The molecule has 2 aliphatic heterocycles. The van der Waals surface area contributed by atoms with Gasteiger partial charge in [0.05, 0.1) is 11.5 Å². The molecule has 3 rings (SSSR count). The van der Waals surface area contributed by atoms with Crippen molar-refractivity contribution >= 4 is 23.2 Å². The minimum Gasteiger partial charge on any atom is -0.393 e. The second kappa shape index (κ2) is 9.01. The molecule has 2 N–H and O–H groups in total. The third-order valence-electron chi connectivity index (χ3n) is 5.45. The zero-order valence-corrected chi connectivity index (χ0v) is 16.0. The molecule has 2 aliphatic rings. The average molecular weight is 389 g/mol. The second-order valence-electron chi connectivity index (χ2n) is 7.39. The number of hydrogen-bond acceptors (Lipinski definition) is 6. The number of nitrogens with two attached hydrogens (primary N) is 1. The lowest BCUT2D eigenvalue weighted by molar-refractivity contribution is -0.383. The number of rotatable bonds is 4. The summed E-state index contributed by atoms with van der Waals surface area (Å²) in [7, 11) is 0. The number of carbonyl (C=O) groups excluding carboxylic acids is 2. The van der Waals surface area contributed by atoms with E-state index >= 15 is 0 Å². The summed E-state index contributed by atoms with van der Waals surface area (Å²) in [5.74, 6) is -0.0857. The standard InChI is InChI=1S/C19H27N5O4/c20-16-6-5-15(13-17(16)24(27)28)19(26)23-11-9-21(10-12-23)14-18(25)22-7-3-1-2-4-8-22/h5-6,13H,1-4,7-12,14,20H2. The van der Waals surface area contributed by atoms with Crippen LogP contribution in [0.25, 0.3) is 0 Å². The molecule has 2 heterocycles. The smallest absolute Gasteiger partial charge is 0.292 e. The molecule has 2 amide bonds. The van der Waals surface area contributed by atoms with E-state index in [1.54, 1.807) is 4.90 Å². The molecule has 9 heteroatoms. The van der Waals surface area contributed by atoms with Crippen LogP contribution in [0.15, 0.2) is 18.2 Å². The zero-order valence-electron chi connectivity index (χ0n) is 16.0. The molecule has 0 unspecified atom stereocenters. The highest BCUT2D eigenvalue weighted by Gasteiger charge is 2.26. The Labute approximate surface area is 164 Å². The quantitative estimate of drug-likeness (QED) is 0.472. The van der Waals surface area contributed by atoms with Gasteiger partial charge in [-0.25, -0.2) is 0 Å². The average Bonchev–Trinajstić information content (AvgIpc) is 2.98. The fourth-order valence-corrected chi connectivity index (χ4v) is 3.74. The Bertz CT molecular complexity index is 738. The van der Waals surface area contributed by atoms with Crippen LogP contribution in [0, 0.1) is 10.1 Å². The van der Waals surface area contributed by atoms with E-state index in [2.05, 4.69) is 4.90 Å². The number of hydrogen-bond donors (Lipinski definition) is 1. The van der Waals surface area contributed by atoms with E-state index in [1.807, 2.05) is 4.90 Å². The van der Waals surface area contributed by atoms with E-state index in [9.17, 15) is 19.7 Å². The maximum Gasteiger partial charge on any atom is 0.292 e. The number of carbonyl (C=O) groups is 2. The van der Waals surface area contributed by atoms with Gasteiger partial charge in [0.2, 0.25) is 5.91 Å². The number of benzene rings is 1. The number of nitrogen functional groups attached to an aromatic ring is 1. The van der Waals surface area contributed by atoms with Gasteiger partial charge in [0.15, 0.2) is 0 Å². The summed E-state index contributed by atoms with van der Waals surface area (Å²) < 4.78 is 0. The van der Waals surface area contributed by atoms with Gasteiger partial charge in [0.25, 0.3) is 11.6 Å². The molecular formula is C19H27N5O4. The Morgan fingerprint density at radius 1 is 0.964 bits per heavy atom. The molecule has 2 saturated heterocycles. The normalized spacial score (nSPS) is 18.6. The van der Waals surface area contributed by atoms with Gasteiger partial charge < -0.3 is 15.5 Å². The molecule has 0 atom stereocenters. The number of nitrogens with zero attached hydrogens (tertiary/aromatic N) is 4. The molecule has 0 aromatic heterocycles. The summed E-state index contributed by atoms with van der Waals surface area (Å²) >= 11 is 0.